The van der Waals surface area contributed by atoms with E-state index < -0.39 is 0 Å². The highest BCUT2D eigenvalue weighted by atomic mass is 14.8. The zero-order valence-electron chi connectivity index (χ0n) is 16.5. The van der Waals surface area contributed by atoms with Gasteiger partial charge < -0.3 is 5.32 Å². The summed E-state index contributed by atoms with van der Waals surface area (Å²) in [4.78, 5) is 0. The fourth-order valence-corrected chi connectivity index (χ4v) is 3.58. The van der Waals surface area contributed by atoms with Crippen LogP contribution in [0.5, 0.6) is 0 Å². The van der Waals surface area contributed by atoms with Gasteiger partial charge in [-0.05, 0) is 77.1 Å². The molecule has 1 N–H and O–H groups in total. The highest BCUT2D eigenvalue weighted by Gasteiger charge is 2.36. The number of fused-ring (bicyclic) bond motifs is 1. The molecule has 1 aromatic rings. The van der Waals surface area contributed by atoms with Gasteiger partial charge in [0.25, 0.3) is 0 Å². The van der Waals surface area contributed by atoms with E-state index in [1.165, 1.54) is 40.7 Å². The first-order chi connectivity index (χ1) is 11.1. The van der Waals surface area contributed by atoms with Gasteiger partial charge in [-0.25, -0.2) is 0 Å². The monoisotopic (exact) mass is 323 g/mol. The van der Waals surface area contributed by atoms with Gasteiger partial charge in [0.2, 0.25) is 0 Å². The summed E-state index contributed by atoms with van der Waals surface area (Å²) in [5.74, 6) is 0. The summed E-state index contributed by atoms with van der Waals surface area (Å²) < 4.78 is 0. The lowest BCUT2D eigenvalue weighted by Crippen LogP contribution is -2.33. The minimum Gasteiger partial charge on any atom is -0.394 e. The fourth-order valence-electron chi connectivity index (χ4n) is 3.58. The Kier molecular flexibility index (Phi) is 5.13. The minimum absolute atomic E-state index is 0.238. The van der Waals surface area contributed by atoms with E-state index in [0.717, 1.165) is 5.57 Å². The Labute approximate surface area is 148 Å². The number of nitrogens with one attached hydrogen (secondary N) is 1. The minimum atomic E-state index is 0.238. The second kappa shape index (κ2) is 6.63. The highest BCUT2D eigenvalue weighted by Crippen LogP contribution is 2.46. The van der Waals surface area contributed by atoms with Crippen molar-refractivity contribution in [3.63, 3.8) is 0 Å². The Morgan fingerprint density at radius 1 is 1.00 bits per heavy atom. The largest absolute Gasteiger partial charge is 0.394 e. The average Bonchev–Trinajstić information content (AvgIpc) is 2.51. The second-order valence-electron chi connectivity index (χ2n) is 8.50. The van der Waals surface area contributed by atoms with Crippen molar-refractivity contribution in [2.24, 2.45) is 0 Å². The normalized spacial score (nSPS) is 19.6. The van der Waals surface area contributed by atoms with Crippen LogP contribution in [0, 0.1) is 0 Å². The first kappa shape index (κ1) is 18.6. The summed E-state index contributed by atoms with van der Waals surface area (Å²) in [5.41, 5.74) is 8.29. The van der Waals surface area contributed by atoms with Gasteiger partial charge in [0.1, 0.15) is 0 Å². The van der Waals surface area contributed by atoms with Crippen LogP contribution in [-0.2, 0) is 10.8 Å². The summed E-state index contributed by atoms with van der Waals surface area (Å²) in [5, 5.41) is 3.09. The van der Waals surface area contributed by atoms with Crippen LogP contribution >= 0.6 is 0 Å². The number of hydrogen-bond acceptors (Lipinski definition) is 1. The van der Waals surface area contributed by atoms with Crippen LogP contribution < -0.4 is 5.32 Å². The third kappa shape index (κ3) is 3.66. The van der Waals surface area contributed by atoms with Gasteiger partial charge in [-0.15, -0.1) is 0 Å². The summed E-state index contributed by atoms with van der Waals surface area (Å²) in [6.07, 6.45) is 6.70. The predicted molar refractivity (Wildman–Crippen MR) is 107 cm³/mol. The zero-order chi connectivity index (χ0) is 18.1. The van der Waals surface area contributed by atoms with Gasteiger partial charge >= 0.3 is 0 Å². The molecule has 1 heteroatoms. The molecule has 0 saturated carbocycles. The van der Waals surface area contributed by atoms with E-state index in [9.17, 15) is 0 Å². The molecule has 0 radical (unpaired) electrons. The van der Waals surface area contributed by atoms with Gasteiger partial charge in [0, 0.05) is 7.05 Å². The van der Waals surface area contributed by atoms with Gasteiger partial charge in [-0.1, -0.05) is 58.5 Å². The average molecular weight is 324 g/mol. The summed E-state index contributed by atoms with van der Waals surface area (Å²) >= 11 is 0. The predicted octanol–water partition coefficient (Wildman–Crippen LogP) is 6.12. The van der Waals surface area contributed by atoms with Crippen LogP contribution in [0.3, 0.4) is 0 Å². The maximum Gasteiger partial charge on any atom is 0.00278 e. The van der Waals surface area contributed by atoms with Crippen LogP contribution in [0.25, 0.3) is 5.57 Å². The van der Waals surface area contributed by atoms with Crippen LogP contribution in [-0.4, -0.2) is 7.05 Å². The van der Waals surface area contributed by atoms with Crippen molar-refractivity contribution in [1.82, 2.24) is 5.32 Å². The Bertz CT molecular complexity index is 699. The third-order valence-electron chi connectivity index (χ3n) is 5.60. The van der Waals surface area contributed by atoms with Crippen molar-refractivity contribution in [1.29, 1.82) is 0 Å². The van der Waals surface area contributed by atoms with E-state index in [1.54, 1.807) is 0 Å². The highest BCUT2D eigenvalue weighted by molar-refractivity contribution is 5.74. The molecular weight excluding hydrogens is 290 g/mol. The van der Waals surface area contributed by atoms with Crippen molar-refractivity contribution in [3.8, 4) is 0 Å². The van der Waals surface area contributed by atoms with Crippen molar-refractivity contribution in [2.45, 2.75) is 65.2 Å². The van der Waals surface area contributed by atoms with Crippen molar-refractivity contribution in [2.75, 3.05) is 7.05 Å². The molecule has 2 rings (SSSR count). The maximum atomic E-state index is 4.32. The van der Waals surface area contributed by atoms with Crippen molar-refractivity contribution < 1.29 is 0 Å². The van der Waals surface area contributed by atoms with Crippen LogP contribution in [0.4, 0.5) is 0 Å². The number of hydrogen-bond donors (Lipinski definition) is 1. The van der Waals surface area contributed by atoms with E-state index in [-0.39, 0.29) is 10.8 Å². The lowest BCUT2D eigenvalue weighted by molar-refractivity contribution is 0.332. The molecule has 0 aliphatic heterocycles. The molecule has 0 unspecified atom stereocenters. The standard InChI is InChI=1S/C23H33N/c1-16(18(3)15-24-8)13-17(2)19-9-10-20-21(14-19)23(6,7)12-11-22(20,4)5/h9-10,13-15,24H,2,11-12H2,1,3-8H3/b16-13-,18-15-. The van der Waals surface area contributed by atoms with Crippen LogP contribution in [0.2, 0.25) is 0 Å². The van der Waals surface area contributed by atoms with E-state index >= 15 is 0 Å². The second-order valence-corrected chi connectivity index (χ2v) is 8.50. The van der Waals surface area contributed by atoms with Gasteiger partial charge in [-0.3, -0.25) is 0 Å². The summed E-state index contributed by atoms with van der Waals surface area (Å²) in [6, 6.07) is 6.95. The number of benzene rings is 1. The Morgan fingerprint density at radius 2 is 1.58 bits per heavy atom. The lowest BCUT2D eigenvalue weighted by atomic mass is 9.63. The number of rotatable bonds is 4. The molecule has 1 aromatic carbocycles. The molecular formula is C23H33N. The molecule has 1 aliphatic carbocycles. The van der Waals surface area contributed by atoms with Crippen molar-refractivity contribution in [3.05, 3.63) is 64.9 Å². The molecule has 130 valence electrons. The zero-order valence-corrected chi connectivity index (χ0v) is 16.5. The van der Waals surface area contributed by atoms with E-state index in [0.29, 0.717) is 0 Å². The quantitative estimate of drug-likeness (QED) is 0.658. The fraction of sp³-hybridized carbons (Fsp3) is 0.478. The molecule has 0 bridgehead atoms. The molecule has 0 saturated heterocycles. The van der Waals surface area contributed by atoms with E-state index in [4.69, 9.17) is 0 Å². The van der Waals surface area contributed by atoms with Crippen molar-refractivity contribution >= 4 is 5.57 Å². The maximum absolute atomic E-state index is 4.32. The van der Waals surface area contributed by atoms with Gasteiger partial charge in [0.05, 0.1) is 0 Å². The molecule has 0 amide bonds. The van der Waals surface area contributed by atoms with Crippen LogP contribution in [0.15, 0.2) is 48.2 Å². The van der Waals surface area contributed by atoms with Gasteiger partial charge in [0.15, 0.2) is 0 Å². The smallest absolute Gasteiger partial charge is 0.00278 e. The first-order valence-corrected chi connectivity index (χ1v) is 8.95. The molecule has 0 heterocycles. The SMILES string of the molecule is C=C(/C=C(C)\C(C)=C/NC)c1ccc2c(c1)C(C)(C)CCC2(C)C. The summed E-state index contributed by atoms with van der Waals surface area (Å²) in [6.45, 7) is 18.0. The molecule has 24 heavy (non-hydrogen) atoms. The lowest BCUT2D eigenvalue weighted by Gasteiger charge is -2.42. The number of allylic oxidation sites excluding steroid dienone is 4. The molecule has 1 nitrogen and oxygen atoms in total. The first-order valence-electron chi connectivity index (χ1n) is 8.95. The van der Waals surface area contributed by atoms with E-state index in [2.05, 4.69) is 77.7 Å². The summed E-state index contributed by atoms with van der Waals surface area (Å²) in [7, 11) is 1.93. The topological polar surface area (TPSA) is 12.0 Å². The van der Waals surface area contributed by atoms with Gasteiger partial charge in [-0.2, -0.15) is 0 Å². The van der Waals surface area contributed by atoms with Crippen LogP contribution in [0.1, 0.15) is 71.1 Å². The van der Waals surface area contributed by atoms with E-state index in [1.807, 2.05) is 13.2 Å². The molecule has 0 atom stereocenters. The Hall–Kier alpha value is -1.76. The molecule has 0 fully saturated rings. The molecule has 0 aromatic heterocycles. The third-order valence-corrected chi connectivity index (χ3v) is 5.60. The Morgan fingerprint density at radius 3 is 2.17 bits per heavy atom. The Balaban J connectivity index is 2.43. The molecule has 1 aliphatic rings. The molecule has 0 spiro atoms.